The van der Waals surface area contributed by atoms with Crippen molar-refractivity contribution in [3.63, 3.8) is 0 Å². The van der Waals surface area contributed by atoms with Gasteiger partial charge in [0.1, 0.15) is 12.6 Å². The topological polar surface area (TPSA) is 102 Å². The quantitative estimate of drug-likeness (QED) is 0.0261. The molecule has 0 rings (SSSR count). The molecule has 0 spiro atoms. The Balaban J connectivity index is 4.26. The summed E-state index contributed by atoms with van der Waals surface area (Å²) in [6.07, 6.45) is 46.4. The molecule has 0 N–H and O–H groups in total. The number of nitrogens with zero attached hydrogens (tertiary/aromatic N) is 1. The number of unbranched alkanes of at least 4 members (excludes halogenated alkanes) is 26. The van der Waals surface area contributed by atoms with Crippen molar-refractivity contribution in [3.8, 4) is 0 Å². The number of hydrogen-bond acceptors (Lipinski definition) is 7. The van der Waals surface area contributed by atoms with E-state index in [0.717, 1.165) is 51.4 Å². The molecule has 2 atom stereocenters. The molecular formula is C50H93NO7. The summed E-state index contributed by atoms with van der Waals surface area (Å²) in [4.78, 5) is 36.9. The number of esters is 2. The van der Waals surface area contributed by atoms with Crippen molar-refractivity contribution in [1.82, 2.24) is 0 Å². The molecule has 2 unspecified atom stereocenters. The summed E-state index contributed by atoms with van der Waals surface area (Å²) >= 11 is 0. The van der Waals surface area contributed by atoms with E-state index in [1.165, 1.54) is 141 Å². The average Bonchev–Trinajstić information content (AvgIpc) is 3.18. The van der Waals surface area contributed by atoms with E-state index >= 15 is 0 Å². The van der Waals surface area contributed by atoms with E-state index in [-0.39, 0.29) is 42.7 Å². The zero-order valence-corrected chi connectivity index (χ0v) is 38.7. The first-order chi connectivity index (χ1) is 28.1. The number of hydrogen-bond donors (Lipinski definition) is 0. The lowest BCUT2D eigenvalue weighted by atomic mass is 10.1. The highest BCUT2D eigenvalue weighted by Crippen LogP contribution is 2.15. The van der Waals surface area contributed by atoms with Gasteiger partial charge in [-0.25, -0.2) is 0 Å². The third kappa shape index (κ3) is 39.3. The van der Waals surface area contributed by atoms with Crippen LogP contribution in [0.15, 0.2) is 24.3 Å². The summed E-state index contributed by atoms with van der Waals surface area (Å²) in [5.41, 5.74) is 0. The van der Waals surface area contributed by atoms with Gasteiger partial charge in [0.2, 0.25) is 0 Å². The van der Waals surface area contributed by atoms with Gasteiger partial charge in [0, 0.05) is 19.3 Å². The molecule has 0 aliphatic rings. The van der Waals surface area contributed by atoms with E-state index in [0.29, 0.717) is 12.8 Å². The molecule has 58 heavy (non-hydrogen) atoms. The van der Waals surface area contributed by atoms with Gasteiger partial charge in [0.25, 0.3) is 0 Å². The highest BCUT2D eigenvalue weighted by atomic mass is 16.6. The van der Waals surface area contributed by atoms with E-state index in [9.17, 15) is 19.5 Å². The minimum Gasteiger partial charge on any atom is -0.544 e. The van der Waals surface area contributed by atoms with Crippen LogP contribution in [-0.4, -0.2) is 75.5 Å². The van der Waals surface area contributed by atoms with E-state index in [1.54, 1.807) is 21.1 Å². The Hall–Kier alpha value is -2.19. The molecule has 0 amide bonds. The van der Waals surface area contributed by atoms with Crippen LogP contribution in [0.2, 0.25) is 0 Å². The lowest BCUT2D eigenvalue weighted by molar-refractivity contribution is -0.889. The number of aliphatic carboxylic acids is 1. The molecule has 0 aliphatic heterocycles. The van der Waals surface area contributed by atoms with Crippen molar-refractivity contribution < 1.29 is 38.2 Å². The van der Waals surface area contributed by atoms with Gasteiger partial charge in [-0.05, 0) is 64.2 Å². The Kier molecular flexibility index (Phi) is 40.0. The molecule has 8 nitrogen and oxygen atoms in total. The summed E-state index contributed by atoms with van der Waals surface area (Å²) < 4.78 is 17.2. The van der Waals surface area contributed by atoms with Crippen LogP contribution in [0.3, 0.4) is 0 Å². The van der Waals surface area contributed by atoms with Gasteiger partial charge < -0.3 is 28.6 Å². The number of rotatable bonds is 44. The molecule has 340 valence electrons. The number of carbonyl (C=O) groups excluding carboxylic acids is 3. The lowest BCUT2D eigenvalue weighted by Crippen LogP contribution is -2.55. The highest BCUT2D eigenvalue weighted by molar-refractivity contribution is 5.70. The van der Waals surface area contributed by atoms with Crippen molar-refractivity contribution in [2.75, 3.05) is 41.0 Å². The molecule has 0 aromatic carbocycles. The number of carboxylic acids is 1. The van der Waals surface area contributed by atoms with Crippen LogP contribution in [0.1, 0.15) is 226 Å². The minimum atomic E-state index is -1.13. The number of carbonyl (C=O) groups is 3. The number of carboxylic acid groups (broad SMARTS) is 1. The highest BCUT2D eigenvalue weighted by Gasteiger charge is 2.25. The number of ether oxygens (including phenoxy) is 3. The van der Waals surface area contributed by atoms with Gasteiger partial charge in [0.05, 0.1) is 40.3 Å². The molecule has 0 bridgehead atoms. The van der Waals surface area contributed by atoms with Crippen LogP contribution in [0, 0.1) is 0 Å². The number of quaternary nitrogens is 1. The van der Waals surface area contributed by atoms with Crippen molar-refractivity contribution in [3.05, 3.63) is 24.3 Å². The molecular weight excluding hydrogens is 727 g/mol. The van der Waals surface area contributed by atoms with Gasteiger partial charge in [-0.3, -0.25) is 9.59 Å². The predicted octanol–water partition coefficient (Wildman–Crippen LogP) is 12.3. The fourth-order valence-electron chi connectivity index (χ4n) is 7.24. The maximum atomic E-state index is 12.8. The first kappa shape index (κ1) is 55.8. The summed E-state index contributed by atoms with van der Waals surface area (Å²) in [6, 6.07) is -0.726. The minimum absolute atomic E-state index is 0.0372. The van der Waals surface area contributed by atoms with Crippen molar-refractivity contribution in [1.29, 1.82) is 0 Å². The van der Waals surface area contributed by atoms with Gasteiger partial charge >= 0.3 is 11.9 Å². The Morgan fingerprint density at radius 2 is 0.862 bits per heavy atom. The maximum Gasteiger partial charge on any atom is 0.306 e. The standard InChI is InChI=1S/C50H93NO7/c1-6-8-10-12-14-16-18-20-21-22-23-24-25-26-27-29-31-33-35-37-39-41-49(53)58-46(44-56-43-42-47(50(54)55)51(3,4)5)45-57-48(52)40-38-36-34-32-30-28-19-17-15-13-11-9-7-2/h24-25,28,30,46-47H,6-23,26-27,29,31-45H2,1-5H3/b25-24+,30-28+. The SMILES string of the molecule is CCCCCCCC/C=C/CCCCCC(=O)OCC(COCCC(C(=O)[O-])[N+](C)(C)C)OC(=O)CCCCCCCCC/C=C/CCCCCCCCCCCC. The second-order valence-corrected chi connectivity index (χ2v) is 17.7. The second kappa shape index (κ2) is 41.5. The molecule has 0 aliphatic carbocycles. The molecule has 0 saturated carbocycles. The zero-order valence-electron chi connectivity index (χ0n) is 38.7. The average molecular weight is 820 g/mol. The molecule has 0 heterocycles. The molecule has 0 aromatic heterocycles. The smallest absolute Gasteiger partial charge is 0.306 e. The molecule has 0 fully saturated rings. The Labute approximate surface area is 358 Å². The summed E-state index contributed by atoms with van der Waals surface area (Å²) in [7, 11) is 5.41. The van der Waals surface area contributed by atoms with Crippen LogP contribution >= 0.6 is 0 Å². The summed E-state index contributed by atoms with van der Waals surface area (Å²) in [5.74, 6) is -1.75. The van der Waals surface area contributed by atoms with Gasteiger partial charge in [-0.1, -0.05) is 167 Å². The molecule has 0 radical (unpaired) electrons. The molecule has 0 saturated heterocycles. The Morgan fingerprint density at radius 3 is 1.26 bits per heavy atom. The van der Waals surface area contributed by atoms with E-state index in [1.807, 2.05) is 0 Å². The van der Waals surface area contributed by atoms with Crippen LogP contribution in [0.5, 0.6) is 0 Å². The largest absolute Gasteiger partial charge is 0.544 e. The van der Waals surface area contributed by atoms with Gasteiger partial charge in [-0.2, -0.15) is 0 Å². The predicted molar refractivity (Wildman–Crippen MR) is 240 cm³/mol. The third-order valence-electron chi connectivity index (χ3n) is 11.1. The van der Waals surface area contributed by atoms with Crippen LogP contribution in [0.4, 0.5) is 0 Å². The van der Waals surface area contributed by atoms with Crippen LogP contribution in [-0.2, 0) is 28.6 Å². The zero-order chi connectivity index (χ0) is 42.8. The first-order valence-electron chi connectivity index (χ1n) is 24.4. The van der Waals surface area contributed by atoms with Gasteiger partial charge in [-0.15, -0.1) is 0 Å². The molecule has 0 aromatic rings. The fourth-order valence-corrected chi connectivity index (χ4v) is 7.24. The first-order valence-corrected chi connectivity index (χ1v) is 24.4. The lowest BCUT2D eigenvalue weighted by Gasteiger charge is -2.34. The number of allylic oxidation sites excluding steroid dienone is 4. The summed E-state index contributed by atoms with van der Waals surface area (Å²) in [6.45, 7) is 4.66. The Morgan fingerprint density at radius 1 is 0.500 bits per heavy atom. The third-order valence-corrected chi connectivity index (χ3v) is 11.1. The van der Waals surface area contributed by atoms with Gasteiger partial charge in [0.15, 0.2) is 6.10 Å². The van der Waals surface area contributed by atoms with E-state index in [2.05, 4.69) is 38.2 Å². The fraction of sp³-hybridized carbons (Fsp3) is 0.860. The van der Waals surface area contributed by atoms with E-state index < -0.39 is 18.1 Å². The molecule has 8 heteroatoms. The van der Waals surface area contributed by atoms with Crippen LogP contribution in [0.25, 0.3) is 0 Å². The van der Waals surface area contributed by atoms with Crippen molar-refractivity contribution >= 4 is 17.9 Å². The second-order valence-electron chi connectivity index (χ2n) is 17.7. The summed E-state index contributed by atoms with van der Waals surface area (Å²) in [5, 5.41) is 11.6. The van der Waals surface area contributed by atoms with Crippen molar-refractivity contribution in [2.45, 2.75) is 238 Å². The van der Waals surface area contributed by atoms with E-state index in [4.69, 9.17) is 14.2 Å². The Bertz CT molecular complexity index is 1000. The van der Waals surface area contributed by atoms with Crippen molar-refractivity contribution in [2.24, 2.45) is 0 Å². The maximum absolute atomic E-state index is 12.8. The number of likely N-dealkylation sites (N-methyl/N-ethyl adjacent to an activating group) is 1. The monoisotopic (exact) mass is 820 g/mol. The normalized spacial score (nSPS) is 13.1. The van der Waals surface area contributed by atoms with Crippen LogP contribution < -0.4 is 5.11 Å².